The van der Waals surface area contributed by atoms with E-state index >= 15 is 0 Å². The number of carbonyl (C=O) groups excluding carboxylic acids is 2. The molecule has 148 valence electrons. The maximum Gasteiger partial charge on any atom is 0.258 e. The summed E-state index contributed by atoms with van der Waals surface area (Å²) >= 11 is 0. The molecule has 6 nitrogen and oxygen atoms in total. The molecule has 0 aliphatic carbocycles. The fourth-order valence-electron chi connectivity index (χ4n) is 2.37. The number of halogens is 1. The predicted molar refractivity (Wildman–Crippen MR) is 106 cm³/mol. The highest BCUT2D eigenvalue weighted by Gasteiger charge is 2.08. The Balaban J connectivity index is 1.42. The molecule has 2 amide bonds. The summed E-state index contributed by atoms with van der Waals surface area (Å²) in [5.74, 6) is 0.454. The van der Waals surface area contributed by atoms with Crippen molar-refractivity contribution in [2.24, 2.45) is 0 Å². The molecule has 3 aromatic rings. The van der Waals surface area contributed by atoms with Gasteiger partial charge in [0.15, 0.2) is 6.61 Å². The topological polar surface area (TPSA) is 76.7 Å². The fourth-order valence-corrected chi connectivity index (χ4v) is 2.37. The molecule has 0 fully saturated rings. The van der Waals surface area contributed by atoms with Gasteiger partial charge in [0, 0.05) is 11.8 Å². The van der Waals surface area contributed by atoms with Gasteiger partial charge >= 0.3 is 0 Å². The van der Waals surface area contributed by atoms with Gasteiger partial charge in [-0.05, 0) is 48.5 Å². The van der Waals surface area contributed by atoms with Crippen molar-refractivity contribution < 1.29 is 23.5 Å². The third-order valence-corrected chi connectivity index (χ3v) is 3.73. The summed E-state index contributed by atoms with van der Waals surface area (Å²) in [6.45, 7) is -0.477. The molecule has 0 bridgehead atoms. The van der Waals surface area contributed by atoms with E-state index < -0.39 is 17.6 Å². The van der Waals surface area contributed by atoms with Crippen molar-refractivity contribution in [2.45, 2.75) is 0 Å². The number of benzene rings is 3. The first-order valence-corrected chi connectivity index (χ1v) is 8.86. The van der Waals surface area contributed by atoms with Crippen molar-refractivity contribution in [2.75, 3.05) is 18.5 Å². The number of nitrogens with one attached hydrogen (secondary N) is 2. The highest BCUT2D eigenvalue weighted by Crippen LogP contribution is 2.24. The maximum atomic E-state index is 12.8. The number of rotatable bonds is 8. The zero-order valence-electron chi connectivity index (χ0n) is 15.4. The third kappa shape index (κ3) is 6.66. The molecular formula is C22H19FN2O4. The van der Waals surface area contributed by atoms with Crippen LogP contribution >= 0.6 is 0 Å². The molecule has 29 heavy (non-hydrogen) atoms. The number of hydrogen-bond donors (Lipinski definition) is 2. The average Bonchev–Trinajstić information content (AvgIpc) is 2.73. The highest BCUT2D eigenvalue weighted by atomic mass is 19.1. The second-order valence-electron chi connectivity index (χ2n) is 6.01. The molecule has 0 aliphatic rings. The molecule has 0 spiro atoms. The molecule has 0 saturated carbocycles. The van der Waals surface area contributed by atoms with Gasteiger partial charge in [0.25, 0.3) is 5.91 Å². The van der Waals surface area contributed by atoms with Crippen LogP contribution in [0, 0.1) is 5.82 Å². The summed E-state index contributed by atoms with van der Waals surface area (Å²) in [5, 5.41) is 5.01. The zero-order chi connectivity index (χ0) is 20.5. The van der Waals surface area contributed by atoms with Gasteiger partial charge in [-0.15, -0.1) is 0 Å². The van der Waals surface area contributed by atoms with Crippen LogP contribution in [0.1, 0.15) is 0 Å². The van der Waals surface area contributed by atoms with E-state index in [1.807, 2.05) is 30.3 Å². The van der Waals surface area contributed by atoms with Crippen molar-refractivity contribution >= 4 is 17.5 Å². The Kier molecular flexibility index (Phi) is 6.78. The summed E-state index contributed by atoms with van der Waals surface area (Å²) in [6.07, 6.45) is 0. The second-order valence-corrected chi connectivity index (χ2v) is 6.01. The lowest BCUT2D eigenvalue weighted by Gasteiger charge is -2.10. The molecular weight excluding hydrogens is 375 g/mol. The summed E-state index contributed by atoms with van der Waals surface area (Å²) in [5.41, 5.74) is 0.442. The lowest BCUT2D eigenvalue weighted by Crippen LogP contribution is -2.35. The minimum absolute atomic E-state index is 0.225. The van der Waals surface area contributed by atoms with Crippen LogP contribution in [-0.2, 0) is 9.59 Å². The van der Waals surface area contributed by atoms with Crippen molar-refractivity contribution in [3.05, 3.63) is 84.7 Å². The Morgan fingerprint density at radius 1 is 0.793 bits per heavy atom. The van der Waals surface area contributed by atoms with E-state index in [0.29, 0.717) is 22.9 Å². The van der Waals surface area contributed by atoms with E-state index in [2.05, 4.69) is 10.6 Å². The second kappa shape index (κ2) is 9.89. The van der Waals surface area contributed by atoms with Gasteiger partial charge < -0.3 is 20.1 Å². The zero-order valence-corrected chi connectivity index (χ0v) is 15.4. The first-order chi connectivity index (χ1) is 14.1. The monoisotopic (exact) mass is 394 g/mol. The smallest absolute Gasteiger partial charge is 0.258 e. The van der Waals surface area contributed by atoms with E-state index in [1.54, 1.807) is 24.3 Å². The molecule has 3 aromatic carbocycles. The molecule has 7 heteroatoms. The molecule has 3 rings (SSSR count). The molecule has 0 saturated heterocycles. The van der Waals surface area contributed by atoms with E-state index in [4.69, 9.17) is 9.47 Å². The molecule has 0 unspecified atom stereocenters. The summed E-state index contributed by atoms with van der Waals surface area (Å²) in [6, 6.07) is 21.5. The summed E-state index contributed by atoms with van der Waals surface area (Å²) in [4.78, 5) is 23.7. The van der Waals surface area contributed by atoms with Crippen LogP contribution in [0.25, 0.3) is 0 Å². The van der Waals surface area contributed by atoms with E-state index in [-0.39, 0.29) is 13.2 Å². The highest BCUT2D eigenvalue weighted by molar-refractivity contribution is 5.94. The quantitative estimate of drug-likeness (QED) is 0.610. The number of carbonyl (C=O) groups is 2. The fraction of sp³-hybridized carbons (Fsp3) is 0.0909. The first kappa shape index (κ1) is 19.9. The Morgan fingerprint density at radius 3 is 2.24 bits per heavy atom. The molecule has 2 N–H and O–H groups in total. The average molecular weight is 394 g/mol. The van der Waals surface area contributed by atoms with Crippen LogP contribution < -0.4 is 20.1 Å². The number of anilines is 1. The van der Waals surface area contributed by atoms with Gasteiger partial charge in [-0.1, -0.05) is 24.3 Å². The van der Waals surface area contributed by atoms with Gasteiger partial charge in [0.05, 0.1) is 6.54 Å². The van der Waals surface area contributed by atoms with Gasteiger partial charge in [0.1, 0.15) is 23.1 Å². The Bertz CT molecular complexity index is 962. The maximum absolute atomic E-state index is 12.8. The van der Waals surface area contributed by atoms with Crippen LogP contribution in [-0.4, -0.2) is 25.0 Å². The van der Waals surface area contributed by atoms with Crippen molar-refractivity contribution in [3.63, 3.8) is 0 Å². The molecule has 0 radical (unpaired) electrons. The minimum Gasteiger partial charge on any atom is -0.484 e. The molecule has 0 aromatic heterocycles. The van der Waals surface area contributed by atoms with Crippen molar-refractivity contribution in [3.8, 4) is 17.2 Å². The van der Waals surface area contributed by atoms with Crippen LogP contribution in [0.4, 0.5) is 10.1 Å². The van der Waals surface area contributed by atoms with Crippen molar-refractivity contribution in [1.82, 2.24) is 5.32 Å². The van der Waals surface area contributed by atoms with Gasteiger partial charge in [-0.2, -0.15) is 0 Å². The Hall–Kier alpha value is -3.87. The van der Waals surface area contributed by atoms with Crippen molar-refractivity contribution in [1.29, 1.82) is 0 Å². The number of para-hydroxylation sites is 1. The standard InChI is InChI=1S/C22H19FN2O4/c23-16-9-11-17(12-10-16)25-21(26)14-24-22(27)15-28-19-7-4-8-20(13-19)29-18-5-2-1-3-6-18/h1-13H,14-15H2,(H,24,27)(H,25,26). The van der Waals surface area contributed by atoms with E-state index in [1.165, 1.54) is 24.3 Å². The molecule has 0 atom stereocenters. The van der Waals surface area contributed by atoms with Gasteiger partial charge in [0.2, 0.25) is 5.91 Å². The van der Waals surface area contributed by atoms with Crippen LogP contribution in [0.15, 0.2) is 78.9 Å². The third-order valence-electron chi connectivity index (χ3n) is 3.73. The molecule has 0 aliphatic heterocycles. The van der Waals surface area contributed by atoms with Gasteiger partial charge in [-0.3, -0.25) is 9.59 Å². The summed E-state index contributed by atoms with van der Waals surface area (Å²) in [7, 11) is 0. The Labute approximate surface area is 167 Å². The Morgan fingerprint density at radius 2 is 1.48 bits per heavy atom. The van der Waals surface area contributed by atoms with E-state index in [9.17, 15) is 14.0 Å². The van der Waals surface area contributed by atoms with Crippen LogP contribution in [0.5, 0.6) is 17.2 Å². The van der Waals surface area contributed by atoms with E-state index in [0.717, 1.165) is 0 Å². The predicted octanol–water partition coefficient (Wildman–Crippen LogP) is 3.75. The van der Waals surface area contributed by atoms with Crippen LogP contribution in [0.2, 0.25) is 0 Å². The minimum atomic E-state index is -0.450. The number of hydrogen-bond acceptors (Lipinski definition) is 4. The largest absolute Gasteiger partial charge is 0.484 e. The number of amides is 2. The van der Waals surface area contributed by atoms with Gasteiger partial charge in [-0.25, -0.2) is 4.39 Å². The lowest BCUT2D eigenvalue weighted by atomic mass is 10.3. The SMILES string of the molecule is O=C(COc1cccc(Oc2ccccc2)c1)NCC(=O)Nc1ccc(F)cc1. The summed E-state index contributed by atoms with van der Waals surface area (Å²) < 4.78 is 24.0. The first-order valence-electron chi connectivity index (χ1n) is 8.86. The molecule has 0 heterocycles. The lowest BCUT2D eigenvalue weighted by molar-refractivity contribution is -0.125. The number of ether oxygens (including phenoxy) is 2. The van der Waals surface area contributed by atoms with Crippen LogP contribution in [0.3, 0.4) is 0 Å². The normalized spacial score (nSPS) is 10.1.